The standard InChI is InChI=1S/C21H25Cl2NO5.C16H17Cl2NO2.C5H9ClO3/c1-3-27-11-12-28-20(26)29-18-16(14-7-8-15(22)13(2)17(14)23)19(25)24-21(18)9-5-4-6-10-21;1-9-11(17)6-5-10(13(9)18)12-14(20)16(19-15(12)21)7-3-2-4-8-16;1-2-8-3-4-9-5(6)7/h7-8H,3-6,9-12H2,1-2H3,(H,24,25);5-6,20H,2-4,7-8H2,1H3,(H,19,21);2-4H2,1H3. The van der Waals surface area contributed by atoms with E-state index in [4.69, 9.17) is 77.0 Å². The number of hydrogen-bond donors (Lipinski definition) is 3. The molecule has 12 nitrogen and oxygen atoms in total. The Balaban J connectivity index is 0.000000223. The van der Waals surface area contributed by atoms with Gasteiger partial charge in [0, 0.05) is 46.0 Å². The van der Waals surface area contributed by atoms with Crippen LogP contribution in [0.15, 0.2) is 35.8 Å². The largest absolute Gasteiger partial charge is 0.513 e. The normalized spacial score (nSPS) is 17.8. The molecule has 2 aliphatic heterocycles. The highest BCUT2D eigenvalue weighted by molar-refractivity contribution is 6.61. The minimum atomic E-state index is -0.861. The van der Waals surface area contributed by atoms with E-state index in [1.165, 1.54) is 0 Å². The van der Waals surface area contributed by atoms with E-state index < -0.39 is 22.7 Å². The van der Waals surface area contributed by atoms with E-state index in [1.54, 1.807) is 38.1 Å². The van der Waals surface area contributed by atoms with Crippen LogP contribution in [0.3, 0.4) is 0 Å². The van der Waals surface area contributed by atoms with Crippen molar-refractivity contribution >= 4 is 92.5 Å². The van der Waals surface area contributed by atoms with Gasteiger partial charge in [-0.15, -0.1) is 0 Å². The van der Waals surface area contributed by atoms with Gasteiger partial charge in [-0.2, -0.15) is 0 Å². The summed E-state index contributed by atoms with van der Waals surface area (Å²) in [5.41, 5.74) is 0.876. The molecule has 0 unspecified atom stereocenters. The van der Waals surface area contributed by atoms with E-state index >= 15 is 0 Å². The average Bonchev–Trinajstić information content (AvgIpc) is 3.60. The van der Waals surface area contributed by atoms with Crippen LogP contribution < -0.4 is 10.6 Å². The third kappa shape index (κ3) is 12.0. The summed E-state index contributed by atoms with van der Waals surface area (Å²) in [4.78, 5) is 47.6. The zero-order valence-corrected chi connectivity index (χ0v) is 37.4. The Hall–Kier alpha value is -3.23. The Morgan fingerprint density at radius 2 is 1.10 bits per heavy atom. The molecule has 3 N–H and O–H groups in total. The predicted molar refractivity (Wildman–Crippen MR) is 229 cm³/mol. The number of carbonyl (C=O) groups excluding carboxylic acids is 4. The second kappa shape index (κ2) is 22.6. The lowest BCUT2D eigenvalue weighted by molar-refractivity contribution is -0.117. The molecule has 2 heterocycles. The molecule has 0 atom stereocenters. The third-order valence-electron chi connectivity index (χ3n) is 10.6. The second-order valence-electron chi connectivity index (χ2n) is 14.4. The Kier molecular flexibility index (Phi) is 18.5. The average molecular weight is 921 g/mol. The second-order valence-corrected chi connectivity index (χ2v) is 16.2. The van der Waals surface area contributed by atoms with Gasteiger partial charge in [0.1, 0.15) is 19.0 Å². The van der Waals surface area contributed by atoms with Crippen LogP contribution in [0.5, 0.6) is 0 Å². The van der Waals surface area contributed by atoms with Crippen molar-refractivity contribution in [2.24, 2.45) is 0 Å². The smallest absolute Gasteiger partial charge is 0.509 e. The molecular weight excluding hydrogens is 870 g/mol. The molecule has 2 amide bonds. The fourth-order valence-corrected chi connectivity index (χ4v) is 8.52. The summed E-state index contributed by atoms with van der Waals surface area (Å²) >= 11 is 29.9. The lowest BCUT2D eigenvalue weighted by Gasteiger charge is -2.34. The summed E-state index contributed by atoms with van der Waals surface area (Å²) in [6.07, 6.45) is 8.14. The molecule has 324 valence electrons. The van der Waals surface area contributed by atoms with Crippen LogP contribution >= 0.6 is 58.0 Å². The highest BCUT2D eigenvalue weighted by atomic mass is 35.5. The lowest BCUT2D eigenvalue weighted by atomic mass is 9.80. The van der Waals surface area contributed by atoms with Crippen LogP contribution in [-0.4, -0.2) is 79.2 Å². The molecule has 4 aliphatic rings. The molecule has 2 aromatic rings. The Morgan fingerprint density at radius 3 is 1.59 bits per heavy atom. The van der Waals surface area contributed by atoms with Gasteiger partial charge in [-0.25, -0.2) is 9.59 Å². The van der Waals surface area contributed by atoms with Gasteiger partial charge >= 0.3 is 11.6 Å². The molecule has 0 radical (unpaired) electrons. The van der Waals surface area contributed by atoms with E-state index in [9.17, 15) is 24.3 Å². The van der Waals surface area contributed by atoms with Crippen molar-refractivity contribution in [3.05, 3.63) is 78.1 Å². The van der Waals surface area contributed by atoms with Gasteiger partial charge in [-0.05, 0) is 76.6 Å². The number of carbonyl (C=O) groups is 4. The molecule has 17 heteroatoms. The first-order valence-corrected chi connectivity index (χ1v) is 21.6. The van der Waals surface area contributed by atoms with Crippen LogP contribution in [-0.2, 0) is 33.3 Å². The van der Waals surface area contributed by atoms with Crippen LogP contribution in [0.1, 0.15) is 100 Å². The van der Waals surface area contributed by atoms with E-state index in [2.05, 4.69) is 15.4 Å². The summed E-state index contributed by atoms with van der Waals surface area (Å²) in [5, 5.41) is 18.5. The van der Waals surface area contributed by atoms with Gasteiger partial charge in [0.05, 0.1) is 45.5 Å². The SMILES string of the molecule is CCOCCOC(=O)Cl.CCOCCOC(=O)OC1=C(c2ccc(Cl)c(C)c2Cl)C(=O)NC12CCCCC2.Cc1c(Cl)ccc(C2=C(O)C3(CCCCC3)NC2=O)c1Cl. The quantitative estimate of drug-likeness (QED) is 0.113. The summed E-state index contributed by atoms with van der Waals surface area (Å²) < 4.78 is 25.1. The van der Waals surface area contributed by atoms with Gasteiger partial charge < -0.3 is 39.4 Å². The first-order chi connectivity index (χ1) is 28.1. The fourth-order valence-electron chi connectivity index (χ4n) is 7.51. The highest BCUT2D eigenvalue weighted by Gasteiger charge is 2.49. The van der Waals surface area contributed by atoms with Crippen molar-refractivity contribution in [2.75, 3.05) is 39.6 Å². The number of amides is 2. The van der Waals surface area contributed by atoms with Crippen molar-refractivity contribution in [2.45, 2.75) is 103 Å². The van der Waals surface area contributed by atoms with Crippen LogP contribution in [0.4, 0.5) is 9.59 Å². The van der Waals surface area contributed by atoms with E-state index in [0.717, 1.165) is 51.4 Å². The van der Waals surface area contributed by atoms with Crippen molar-refractivity contribution in [1.82, 2.24) is 10.6 Å². The number of aliphatic hydroxyl groups excluding tert-OH is 1. The van der Waals surface area contributed by atoms with Crippen molar-refractivity contribution < 1.29 is 48.0 Å². The molecule has 0 bridgehead atoms. The van der Waals surface area contributed by atoms with E-state index in [1.807, 2.05) is 13.8 Å². The lowest BCUT2D eigenvalue weighted by Crippen LogP contribution is -2.46. The number of benzene rings is 2. The fraction of sp³-hybridized carbons (Fsp3) is 0.524. The molecule has 59 heavy (non-hydrogen) atoms. The Bertz CT molecular complexity index is 1920. The van der Waals surface area contributed by atoms with Crippen LogP contribution in [0, 0.1) is 13.8 Å². The highest BCUT2D eigenvalue weighted by Crippen LogP contribution is 2.46. The Morgan fingerprint density at radius 1 is 0.661 bits per heavy atom. The monoisotopic (exact) mass is 918 g/mol. The number of halogens is 5. The van der Waals surface area contributed by atoms with E-state index in [-0.39, 0.29) is 48.7 Å². The number of aliphatic hydroxyl groups is 1. The summed E-state index contributed by atoms with van der Waals surface area (Å²) in [6.45, 7) is 9.45. The molecule has 0 saturated heterocycles. The molecule has 2 saturated carbocycles. The summed E-state index contributed by atoms with van der Waals surface area (Å²) in [6, 6.07) is 6.77. The van der Waals surface area contributed by atoms with E-state index in [0.29, 0.717) is 80.6 Å². The van der Waals surface area contributed by atoms with Crippen LogP contribution in [0.25, 0.3) is 11.1 Å². The van der Waals surface area contributed by atoms with Gasteiger partial charge in [-0.3, -0.25) is 9.59 Å². The number of rotatable bonds is 11. The molecule has 2 spiro atoms. The maximum absolute atomic E-state index is 13.0. The number of nitrogens with one attached hydrogen (secondary N) is 2. The third-order valence-corrected chi connectivity index (χ3v) is 12.5. The first kappa shape index (κ1) is 48.4. The van der Waals surface area contributed by atoms with Gasteiger partial charge in [-0.1, -0.05) is 97.1 Å². The zero-order valence-electron chi connectivity index (χ0n) is 33.6. The number of ether oxygens (including phenoxy) is 5. The molecule has 2 fully saturated rings. The van der Waals surface area contributed by atoms with Crippen molar-refractivity contribution in [3.8, 4) is 0 Å². The minimum absolute atomic E-state index is 0.0739. The molecule has 2 aliphatic carbocycles. The summed E-state index contributed by atoms with van der Waals surface area (Å²) in [5.74, 6) is -0.145. The predicted octanol–water partition coefficient (Wildman–Crippen LogP) is 10.8. The first-order valence-electron chi connectivity index (χ1n) is 19.7. The molecule has 6 rings (SSSR count). The van der Waals surface area contributed by atoms with Crippen LogP contribution in [0.2, 0.25) is 20.1 Å². The van der Waals surface area contributed by atoms with Crippen molar-refractivity contribution in [1.29, 1.82) is 0 Å². The maximum Gasteiger partial charge on any atom is 0.513 e. The summed E-state index contributed by atoms with van der Waals surface area (Å²) in [7, 11) is 0. The maximum atomic E-state index is 13.0. The Labute approximate surface area is 370 Å². The zero-order chi connectivity index (χ0) is 43.3. The molecule has 2 aromatic carbocycles. The minimum Gasteiger partial charge on any atom is -0.509 e. The molecular formula is C42H51Cl5N2O10. The van der Waals surface area contributed by atoms with Gasteiger partial charge in [0.15, 0.2) is 5.76 Å². The number of hydrogen-bond acceptors (Lipinski definition) is 10. The van der Waals surface area contributed by atoms with Gasteiger partial charge in [0.25, 0.3) is 11.8 Å². The molecule has 0 aromatic heterocycles. The van der Waals surface area contributed by atoms with Crippen molar-refractivity contribution in [3.63, 3.8) is 0 Å². The van der Waals surface area contributed by atoms with Gasteiger partial charge in [0.2, 0.25) is 0 Å². The topological polar surface area (TPSA) is 159 Å².